The average molecular weight is 275 g/mol. The van der Waals surface area contributed by atoms with E-state index in [1.54, 1.807) is 10.9 Å². The Balaban J connectivity index is 2.26. The lowest BCUT2D eigenvalue weighted by Gasteiger charge is -2.01. The van der Waals surface area contributed by atoms with Gasteiger partial charge in [0.15, 0.2) is 5.65 Å². The Kier molecular flexibility index (Phi) is 2.18. The van der Waals surface area contributed by atoms with Crippen molar-refractivity contribution in [3.8, 4) is 5.69 Å². The van der Waals surface area contributed by atoms with Crippen molar-refractivity contribution in [1.29, 1.82) is 0 Å². The summed E-state index contributed by atoms with van der Waals surface area (Å²) in [7, 11) is 0. The second-order valence-corrected chi connectivity index (χ2v) is 4.24. The predicted molar refractivity (Wildman–Crippen MR) is 64.4 cm³/mol. The van der Waals surface area contributed by atoms with Crippen molar-refractivity contribution in [2.45, 2.75) is 0 Å². The standard InChI is InChI=1S/C11H7BrN4/c12-8-3-1-4-9(7-8)16-11-10(14-15-16)5-2-6-13-11/h1-7H. The summed E-state index contributed by atoms with van der Waals surface area (Å²) in [4.78, 5) is 4.27. The maximum atomic E-state index is 4.27. The molecule has 0 amide bonds. The van der Waals surface area contributed by atoms with E-state index < -0.39 is 0 Å². The van der Waals surface area contributed by atoms with E-state index in [1.807, 2.05) is 36.4 Å². The number of benzene rings is 1. The van der Waals surface area contributed by atoms with E-state index in [2.05, 4.69) is 31.2 Å². The number of nitrogens with zero attached hydrogens (tertiary/aromatic N) is 4. The first-order valence-corrected chi connectivity index (χ1v) is 5.56. The van der Waals surface area contributed by atoms with Crippen LogP contribution in [0.2, 0.25) is 0 Å². The zero-order valence-corrected chi connectivity index (χ0v) is 9.79. The third kappa shape index (κ3) is 1.49. The largest absolute Gasteiger partial charge is 0.235 e. The molecule has 16 heavy (non-hydrogen) atoms. The lowest BCUT2D eigenvalue weighted by molar-refractivity contribution is 0.817. The van der Waals surface area contributed by atoms with Gasteiger partial charge in [0.25, 0.3) is 0 Å². The fourth-order valence-corrected chi connectivity index (χ4v) is 1.93. The topological polar surface area (TPSA) is 43.6 Å². The summed E-state index contributed by atoms with van der Waals surface area (Å²) in [5.74, 6) is 0. The third-order valence-corrected chi connectivity index (χ3v) is 2.75. The molecular formula is C11H7BrN4. The van der Waals surface area contributed by atoms with Gasteiger partial charge in [0, 0.05) is 10.7 Å². The van der Waals surface area contributed by atoms with Gasteiger partial charge in [-0.2, -0.15) is 4.68 Å². The normalized spacial score (nSPS) is 10.8. The van der Waals surface area contributed by atoms with Crippen LogP contribution in [0.5, 0.6) is 0 Å². The van der Waals surface area contributed by atoms with Gasteiger partial charge >= 0.3 is 0 Å². The van der Waals surface area contributed by atoms with Gasteiger partial charge in [-0.1, -0.05) is 27.2 Å². The lowest BCUT2D eigenvalue weighted by Crippen LogP contribution is -1.97. The Morgan fingerprint density at radius 2 is 2.06 bits per heavy atom. The minimum Gasteiger partial charge on any atom is -0.235 e. The summed E-state index contributed by atoms with van der Waals surface area (Å²) in [6.45, 7) is 0. The minimum absolute atomic E-state index is 0.764. The van der Waals surface area contributed by atoms with Crippen molar-refractivity contribution < 1.29 is 0 Å². The van der Waals surface area contributed by atoms with Gasteiger partial charge in [-0.15, -0.1) is 5.10 Å². The van der Waals surface area contributed by atoms with Crippen LogP contribution in [-0.4, -0.2) is 20.0 Å². The Morgan fingerprint density at radius 3 is 2.94 bits per heavy atom. The molecule has 2 aromatic heterocycles. The molecule has 0 radical (unpaired) electrons. The SMILES string of the molecule is Brc1cccc(-n2nnc3cccnc32)c1. The molecular weight excluding hydrogens is 268 g/mol. The van der Waals surface area contributed by atoms with E-state index in [4.69, 9.17) is 0 Å². The molecule has 0 spiro atoms. The van der Waals surface area contributed by atoms with E-state index in [0.29, 0.717) is 0 Å². The molecule has 5 heteroatoms. The van der Waals surface area contributed by atoms with E-state index >= 15 is 0 Å². The van der Waals surface area contributed by atoms with Gasteiger partial charge in [0.2, 0.25) is 0 Å². The Morgan fingerprint density at radius 1 is 1.12 bits per heavy atom. The first-order valence-electron chi connectivity index (χ1n) is 4.77. The van der Waals surface area contributed by atoms with Crippen molar-refractivity contribution in [3.63, 3.8) is 0 Å². The smallest absolute Gasteiger partial charge is 0.183 e. The third-order valence-electron chi connectivity index (χ3n) is 2.26. The molecule has 0 fully saturated rings. The summed E-state index contributed by atoms with van der Waals surface area (Å²) < 4.78 is 2.73. The highest BCUT2D eigenvalue weighted by Crippen LogP contribution is 2.17. The van der Waals surface area contributed by atoms with Crippen molar-refractivity contribution >= 4 is 27.1 Å². The Hall–Kier alpha value is -1.75. The first-order chi connectivity index (χ1) is 7.84. The summed E-state index contributed by atoms with van der Waals surface area (Å²) in [5.41, 5.74) is 2.50. The van der Waals surface area contributed by atoms with Crippen molar-refractivity contribution in [3.05, 3.63) is 47.1 Å². The first kappa shape index (κ1) is 9.47. The van der Waals surface area contributed by atoms with E-state index in [-0.39, 0.29) is 0 Å². The number of hydrogen-bond donors (Lipinski definition) is 0. The summed E-state index contributed by atoms with van der Waals surface area (Å²) in [5, 5.41) is 8.15. The van der Waals surface area contributed by atoms with Crippen LogP contribution in [0.25, 0.3) is 16.9 Å². The van der Waals surface area contributed by atoms with Crippen molar-refractivity contribution in [2.75, 3.05) is 0 Å². The molecule has 0 saturated carbocycles. The molecule has 0 bridgehead atoms. The Labute approximate surface area is 100 Å². The molecule has 1 aromatic carbocycles. The van der Waals surface area contributed by atoms with Gasteiger partial charge in [-0.25, -0.2) is 4.98 Å². The molecule has 0 saturated heterocycles. The Bertz CT molecular complexity index is 647. The summed E-state index contributed by atoms with van der Waals surface area (Å²) in [6.07, 6.45) is 1.74. The highest BCUT2D eigenvalue weighted by atomic mass is 79.9. The molecule has 4 nitrogen and oxygen atoms in total. The van der Waals surface area contributed by atoms with Crippen LogP contribution in [-0.2, 0) is 0 Å². The zero-order chi connectivity index (χ0) is 11.0. The number of pyridine rings is 1. The van der Waals surface area contributed by atoms with E-state index in [1.165, 1.54) is 0 Å². The van der Waals surface area contributed by atoms with Gasteiger partial charge in [-0.05, 0) is 30.3 Å². The number of halogens is 1. The van der Waals surface area contributed by atoms with Crippen LogP contribution in [0.15, 0.2) is 47.1 Å². The van der Waals surface area contributed by atoms with Crippen LogP contribution >= 0.6 is 15.9 Å². The van der Waals surface area contributed by atoms with Crippen LogP contribution < -0.4 is 0 Å². The van der Waals surface area contributed by atoms with Crippen LogP contribution in [0.3, 0.4) is 0 Å². The molecule has 2 heterocycles. The molecule has 0 atom stereocenters. The van der Waals surface area contributed by atoms with Gasteiger partial charge in [0.05, 0.1) is 5.69 Å². The van der Waals surface area contributed by atoms with Crippen LogP contribution in [0.1, 0.15) is 0 Å². The van der Waals surface area contributed by atoms with E-state index in [9.17, 15) is 0 Å². The second-order valence-electron chi connectivity index (χ2n) is 3.33. The molecule has 3 aromatic rings. The maximum absolute atomic E-state index is 4.27. The molecule has 0 aliphatic heterocycles. The zero-order valence-electron chi connectivity index (χ0n) is 8.21. The molecule has 0 aliphatic rings. The van der Waals surface area contributed by atoms with E-state index in [0.717, 1.165) is 21.3 Å². The summed E-state index contributed by atoms with van der Waals surface area (Å²) >= 11 is 3.43. The lowest BCUT2D eigenvalue weighted by atomic mass is 10.3. The minimum atomic E-state index is 0.764. The average Bonchev–Trinajstić information content (AvgIpc) is 2.72. The second kappa shape index (κ2) is 3.68. The van der Waals surface area contributed by atoms with Crippen molar-refractivity contribution in [2.24, 2.45) is 0 Å². The fraction of sp³-hybridized carbons (Fsp3) is 0. The monoisotopic (exact) mass is 274 g/mol. The number of fused-ring (bicyclic) bond motifs is 1. The predicted octanol–water partition coefficient (Wildman–Crippen LogP) is 2.58. The quantitative estimate of drug-likeness (QED) is 0.685. The van der Waals surface area contributed by atoms with Crippen LogP contribution in [0.4, 0.5) is 0 Å². The highest BCUT2D eigenvalue weighted by molar-refractivity contribution is 9.10. The highest BCUT2D eigenvalue weighted by Gasteiger charge is 2.06. The molecule has 0 aliphatic carbocycles. The maximum Gasteiger partial charge on any atom is 0.183 e. The van der Waals surface area contributed by atoms with Gasteiger partial charge in [0.1, 0.15) is 5.52 Å². The molecule has 3 rings (SSSR count). The number of rotatable bonds is 1. The number of aromatic nitrogens is 4. The molecule has 0 unspecified atom stereocenters. The molecule has 78 valence electrons. The van der Waals surface area contributed by atoms with Gasteiger partial charge in [-0.3, -0.25) is 0 Å². The van der Waals surface area contributed by atoms with Crippen LogP contribution in [0, 0.1) is 0 Å². The summed E-state index contributed by atoms with van der Waals surface area (Å²) in [6, 6.07) is 11.6. The van der Waals surface area contributed by atoms with Crippen molar-refractivity contribution in [1.82, 2.24) is 20.0 Å². The fourth-order valence-electron chi connectivity index (χ4n) is 1.55. The van der Waals surface area contributed by atoms with Gasteiger partial charge < -0.3 is 0 Å². The number of hydrogen-bond acceptors (Lipinski definition) is 3. The molecule has 0 N–H and O–H groups in total.